The SMILES string of the molecule is CCCN(CCC1(O)CC(NC(=O)c2ccc3ccccc3c2)C1)[C@H]1C[C@@H]1c1cccc(Cl)c1. The first-order chi connectivity index (χ1) is 16.4. The summed E-state index contributed by atoms with van der Waals surface area (Å²) in [5.74, 6) is 0.475. The Kier molecular flexibility index (Phi) is 6.65. The Morgan fingerprint density at radius 1 is 1.06 bits per heavy atom. The number of fused-ring (bicyclic) bond motifs is 1. The van der Waals surface area contributed by atoms with Crippen LogP contribution in [0.25, 0.3) is 10.8 Å². The monoisotopic (exact) mass is 476 g/mol. The van der Waals surface area contributed by atoms with Gasteiger partial charge in [0, 0.05) is 35.1 Å². The van der Waals surface area contributed by atoms with Crippen molar-refractivity contribution in [2.45, 2.75) is 62.6 Å². The summed E-state index contributed by atoms with van der Waals surface area (Å²) in [5, 5.41) is 17.1. The van der Waals surface area contributed by atoms with Crippen LogP contribution in [0.1, 0.15) is 60.9 Å². The molecule has 2 fully saturated rings. The number of amides is 1. The fourth-order valence-electron chi connectivity index (χ4n) is 5.53. The van der Waals surface area contributed by atoms with Crippen molar-refractivity contribution in [3.63, 3.8) is 0 Å². The lowest BCUT2D eigenvalue weighted by molar-refractivity contribution is -0.0654. The smallest absolute Gasteiger partial charge is 0.251 e. The molecule has 34 heavy (non-hydrogen) atoms. The lowest BCUT2D eigenvalue weighted by Crippen LogP contribution is -2.56. The highest BCUT2D eigenvalue weighted by atomic mass is 35.5. The number of halogens is 1. The number of benzene rings is 3. The Balaban J connectivity index is 1.12. The number of aliphatic hydroxyl groups is 1. The summed E-state index contributed by atoms with van der Waals surface area (Å²) in [5.41, 5.74) is 1.30. The minimum atomic E-state index is -0.687. The van der Waals surface area contributed by atoms with Crippen LogP contribution < -0.4 is 5.32 Å². The van der Waals surface area contributed by atoms with Gasteiger partial charge < -0.3 is 10.4 Å². The molecule has 0 bridgehead atoms. The molecular weight excluding hydrogens is 444 g/mol. The molecule has 3 aromatic carbocycles. The van der Waals surface area contributed by atoms with E-state index in [2.05, 4.69) is 29.3 Å². The van der Waals surface area contributed by atoms with Gasteiger partial charge in [0.1, 0.15) is 0 Å². The molecule has 5 heteroatoms. The average Bonchev–Trinajstić information content (AvgIpc) is 3.61. The Bertz CT molecular complexity index is 1170. The van der Waals surface area contributed by atoms with Gasteiger partial charge >= 0.3 is 0 Å². The summed E-state index contributed by atoms with van der Waals surface area (Å²) in [4.78, 5) is 15.3. The van der Waals surface area contributed by atoms with Gasteiger partial charge in [-0.15, -0.1) is 0 Å². The topological polar surface area (TPSA) is 52.6 Å². The summed E-state index contributed by atoms with van der Waals surface area (Å²) >= 11 is 6.19. The van der Waals surface area contributed by atoms with Gasteiger partial charge in [-0.05, 0) is 79.3 Å². The fraction of sp³-hybridized carbons (Fsp3) is 0.414. The van der Waals surface area contributed by atoms with Gasteiger partial charge in [-0.25, -0.2) is 0 Å². The van der Waals surface area contributed by atoms with E-state index in [-0.39, 0.29) is 11.9 Å². The summed E-state index contributed by atoms with van der Waals surface area (Å²) in [6.45, 7) is 4.14. The number of rotatable bonds is 9. The van der Waals surface area contributed by atoms with Gasteiger partial charge in [-0.2, -0.15) is 0 Å². The van der Waals surface area contributed by atoms with Gasteiger partial charge in [0.15, 0.2) is 0 Å². The molecule has 5 rings (SSSR count). The van der Waals surface area contributed by atoms with Gasteiger partial charge in [0.25, 0.3) is 5.91 Å². The minimum absolute atomic E-state index is 0.0312. The molecule has 3 aromatic rings. The molecular formula is C29H33ClN2O2. The molecule has 1 amide bonds. The molecule has 2 N–H and O–H groups in total. The molecule has 0 unspecified atom stereocenters. The van der Waals surface area contributed by atoms with Crippen molar-refractivity contribution in [2.75, 3.05) is 13.1 Å². The first kappa shape index (κ1) is 23.3. The van der Waals surface area contributed by atoms with E-state index in [0.29, 0.717) is 30.4 Å². The van der Waals surface area contributed by atoms with E-state index in [1.165, 1.54) is 5.56 Å². The Morgan fingerprint density at radius 2 is 1.85 bits per heavy atom. The predicted octanol–water partition coefficient (Wildman–Crippen LogP) is 5.77. The molecule has 2 atom stereocenters. The van der Waals surface area contributed by atoms with E-state index in [1.807, 2.05) is 54.6 Å². The quantitative estimate of drug-likeness (QED) is 0.412. The molecule has 0 spiro atoms. The van der Waals surface area contributed by atoms with E-state index in [0.717, 1.165) is 48.1 Å². The Hall–Kier alpha value is -2.40. The normalized spacial score (nSPS) is 25.8. The number of carbonyl (C=O) groups is 1. The highest BCUT2D eigenvalue weighted by Crippen LogP contribution is 2.46. The second-order valence-electron chi connectivity index (χ2n) is 10.1. The van der Waals surface area contributed by atoms with E-state index in [9.17, 15) is 9.90 Å². The molecule has 2 aliphatic rings. The van der Waals surface area contributed by atoms with Crippen LogP contribution >= 0.6 is 11.6 Å². The molecule has 0 aliphatic heterocycles. The number of hydrogen-bond donors (Lipinski definition) is 2. The van der Waals surface area contributed by atoms with Crippen molar-refractivity contribution < 1.29 is 9.90 Å². The minimum Gasteiger partial charge on any atom is -0.390 e. The molecule has 0 aromatic heterocycles. The molecule has 4 nitrogen and oxygen atoms in total. The van der Waals surface area contributed by atoms with Crippen LogP contribution in [0, 0.1) is 0 Å². The molecule has 0 saturated heterocycles. The third-order valence-corrected chi connectivity index (χ3v) is 7.71. The van der Waals surface area contributed by atoms with Crippen LogP contribution in [0.3, 0.4) is 0 Å². The zero-order chi connectivity index (χ0) is 23.7. The van der Waals surface area contributed by atoms with Crippen LogP contribution in [-0.4, -0.2) is 46.7 Å². The summed E-state index contributed by atoms with van der Waals surface area (Å²) in [6.07, 6.45) is 4.24. The zero-order valence-corrected chi connectivity index (χ0v) is 20.5. The Labute approximate surface area is 206 Å². The summed E-state index contributed by atoms with van der Waals surface area (Å²) < 4.78 is 0. The molecule has 0 heterocycles. The fourth-order valence-corrected chi connectivity index (χ4v) is 5.72. The second kappa shape index (κ2) is 9.69. The van der Waals surface area contributed by atoms with Gasteiger partial charge in [-0.1, -0.05) is 61.0 Å². The summed E-state index contributed by atoms with van der Waals surface area (Å²) in [6, 6.07) is 22.6. The highest BCUT2D eigenvalue weighted by Gasteiger charge is 2.46. The van der Waals surface area contributed by atoms with E-state index in [4.69, 9.17) is 11.6 Å². The van der Waals surface area contributed by atoms with Crippen LogP contribution in [0.4, 0.5) is 0 Å². The number of nitrogens with one attached hydrogen (secondary N) is 1. The number of nitrogens with zero attached hydrogens (tertiary/aromatic N) is 1. The maximum absolute atomic E-state index is 12.7. The van der Waals surface area contributed by atoms with Crippen molar-refractivity contribution in [3.05, 3.63) is 82.9 Å². The summed E-state index contributed by atoms with van der Waals surface area (Å²) in [7, 11) is 0. The van der Waals surface area contributed by atoms with E-state index in [1.54, 1.807) is 0 Å². The largest absolute Gasteiger partial charge is 0.390 e. The van der Waals surface area contributed by atoms with Crippen LogP contribution in [0.5, 0.6) is 0 Å². The number of carbonyl (C=O) groups excluding carboxylic acids is 1. The lowest BCUT2D eigenvalue weighted by atomic mass is 9.73. The van der Waals surface area contributed by atoms with E-state index >= 15 is 0 Å². The maximum Gasteiger partial charge on any atom is 0.251 e. The second-order valence-corrected chi connectivity index (χ2v) is 10.6. The maximum atomic E-state index is 12.7. The van der Waals surface area contributed by atoms with Crippen molar-refractivity contribution in [3.8, 4) is 0 Å². The average molecular weight is 477 g/mol. The van der Waals surface area contributed by atoms with Crippen LogP contribution in [0.2, 0.25) is 5.02 Å². The van der Waals surface area contributed by atoms with Gasteiger partial charge in [-0.3, -0.25) is 9.69 Å². The zero-order valence-electron chi connectivity index (χ0n) is 19.7. The molecule has 0 radical (unpaired) electrons. The molecule has 178 valence electrons. The van der Waals surface area contributed by atoms with Gasteiger partial charge in [0.2, 0.25) is 0 Å². The standard InChI is InChI=1S/C29H33ClN2O2/c1-2-13-32(27-17-26(27)22-8-5-9-24(30)16-22)14-12-29(34)18-25(19-29)31-28(33)23-11-10-20-6-3-4-7-21(20)15-23/h3-11,15-16,25-27,34H,2,12-14,17-19H2,1H3,(H,31,33)/t25?,26-,27+,29?/m1/s1. The molecule has 2 aliphatic carbocycles. The molecule has 2 saturated carbocycles. The van der Waals surface area contributed by atoms with Crippen molar-refractivity contribution in [2.24, 2.45) is 0 Å². The first-order valence-electron chi connectivity index (χ1n) is 12.5. The first-order valence-corrected chi connectivity index (χ1v) is 12.8. The van der Waals surface area contributed by atoms with Crippen LogP contribution in [0.15, 0.2) is 66.7 Å². The third kappa shape index (κ3) is 5.14. The lowest BCUT2D eigenvalue weighted by Gasteiger charge is -2.45. The van der Waals surface area contributed by atoms with Crippen molar-refractivity contribution >= 4 is 28.3 Å². The highest BCUT2D eigenvalue weighted by molar-refractivity contribution is 6.30. The number of hydrogen-bond acceptors (Lipinski definition) is 3. The van der Waals surface area contributed by atoms with Gasteiger partial charge in [0.05, 0.1) is 5.60 Å². The van der Waals surface area contributed by atoms with Crippen LogP contribution in [-0.2, 0) is 0 Å². The third-order valence-electron chi connectivity index (χ3n) is 7.48. The van der Waals surface area contributed by atoms with Crippen molar-refractivity contribution in [1.82, 2.24) is 10.2 Å². The van der Waals surface area contributed by atoms with E-state index < -0.39 is 5.60 Å². The predicted molar refractivity (Wildman–Crippen MR) is 138 cm³/mol. The Morgan fingerprint density at radius 3 is 2.62 bits per heavy atom. The van der Waals surface area contributed by atoms with Crippen molar-refractivity contribution in [1.29, 1.82) is 0 Å².